The highest BCUT2D eigenvalue weighted by Crippen LogP contribution is 2.21. The standard InChI is InChI=1S/C30H20N2/c1-4-10-24(11-5-1)16-17-26-18-20-28-29(21-19-25-12-6-2-7-13-25)31-32(30(28)22-26)23-27-14-8-3-9-15-27/h1-15,18,20,22H,23H2. The van der Waals surface area contributed by atoms with Crippen LogP contribution < -0.4 is 0 Å². The van der Waals surface area contributed by atoms with Gasteiger partial charge in [-0.1, -0.05) is 84.5 Å². The lowest BCUT2D eigenvalue weighted by atomic mass is 10.1. The lowest BCUT2D eigenvalue weighted by Crippen LogP contribution is -2.01. The van der Waals surface area contributed by atoms with Gasteiger partial charge in [0.05, 0.1) is 12.1 Å². The van der Waals surface area contributed by atoms with E-state index in [2.05, 4.69) is 47.9 Å². The van der Waals surface area contributed by atoms with Crippen molar-refractivity contribution in [1.82, 2.24) is 9.78 Å². The predicted octanol–water partition coefficient (Wildman–Crippen LogP) is 5.88. The Balaban J connectivity index is 1.57. The summed E-state index contributed by atoms with van der Waals surface area (Å²) in [4.78, 5) is 0. The molecule has 5 rings (SSSR count). The molecule has 1 aromatic heterocycles. The minimum absolute atomic E-state index is 0.680. The molecular formula is C30H20N2. The average molecular weight is 409 g/mol. The van der Waals surface area contributed by atoms with Crippen molar-refractivity contribution in [1.29, 1.82) is 0 Å². The fourth-order valence-corrected chi connectivity index (χ4v) is 3.54. The van der Waals surface area contributed by atoms with Gasteiger partial charge in [-0.25, -0.2) is 0 Å². The van der Waals surface area contributed by atoms with Gasteiger partial charge in [-0.3, -0.25) is 4.68 Å². The third-order valence-electron chi connectivity index (χ3n) is 5.15. The molecule has 5 aromatic rings. The highest BCUT2D eigenvalue weighted by Gasteiger charge is 2.10. The first-order valence-corrected chi connectivity index (χ1v) is 10.5. The number of nitrogens with zero attached hydrogens (tertiary/aromatic N) is 2. The van der Waals surface area contributed by atoms with E-state index in [-0.39, 0.29) is 0 Å². The maximum Gasteiger partial charge on any atom is 0.143 e. The summed E-state index contributed by atoms with van der Waals surface area (Å²) in [5.41, 5.74) is 5.94. The lowest BCUT2D eigenvalue weighted by Gasteiger charge is -2.04. The molecule has 0 fully saturated rings. The second-order valence-electron chi connectivity index (χ2n) is 7.46. The molecule has 2 heteroatoms. The quantitative estimate of drug-likeness (QED) is 0.333. The van der Waals surface area contributed by atoms with E-state index in [0.717, 1.165) is 33.3 Å². The van der Waals surface area contributed by atoms with E-state index in [1.54, 1.807) is 0 Å². The molecule has 0 saturated carbocycles. The molecule has 0 spiro atoms. The Labute approximate surface area is 188 Å². The smallest absolute Gasteiger partial charge is 0.143 e. The molecule has 0 aliphatic rings. The molecule has 0 atom stereocenters. The molecule has 0 aliphatic carbocycles. The Morgan fingerprint density at radius 1 is 0.562 bits per heavy atom. The van der Waals surface area contributed by atoms with Crippen molar-refractivity contribution in [2.24, 2.45) is 0 Å². The summed E-state index contributed by atoms with van der Waals surface area (Å²) in [5, 5.41) is 5.89. The summed E-state index contributed by atoms with van der Waals surface area (Å²) >= 11 is 0. The summed E-state index contributed by atoms with van der Waals surface area (Å²) in [6.45, 7) is 0.680. The summed E-state index contributed by atoms with van der Waals surface area (Å²) in [6.07, 6.45) is 0. The summed E-state index contributed by atoms with van der Waals surface area (Å²) in [6, 6.07) is 36.6. The van der Waals surface area contributed by atoms with Crippen LogP contribution in [0.15, 0.2) is 109 Å². The minimum atomic E-state index is 0.680. The lowest BCUT2D eigenvalue weighted by molar-refractivity contribution is 0.709. The van der Waals surface area contributed by atoms with Gasteiger partial charge in [0.2, 0.25) is 0 Å². The van der Waals surface area contributed by atoms with Crippen molar-refractivity contribution in [2.75, 3.05) is 0 Å². The van der Waals surface area contributed by atoms with Crippen molar-refractivity contribution < 1.29 is 0 Å². The normalized spacial score (nSPS) is 10.1. The van der Waals surface area contributed by atoms with Crippen molar-refractivity contribution in [3.63, 3.8) is 0 Å². The first kappa shape index (κ1) is 19.4. The largest absolute Gasteiger partial charge is 0.259 e. The minimum Gasteiger partial charge on any atom is -0.259 e. The third-order valence-corrected chi connectivity index (χ3v) is 5.15. The summed E-state index contributed by atoms with van der Waals surface area (Å²) < 4.78 is 2.02. The van der Waals surface area contributed by atoms with Gasteiger partial charge in [-0.05, 0) is 53.9 Å². The number of fused-ring (bicyclic) bond motifs is 1. The molecule has 0 aliphatic heterocycles. The second-order valence-corrected chi connectivity index (χ2v) is 7.46. The molecule has 4 aromatic carbocycles. The van der Waals surface area contributed by atoms with Gasteiger partial charge < -0.3 is 0 Å². The number of hydrogen-bond acceptors (Lipinski definition) is 1. The zero-order valence-electron chi connectivity index (χ0n) is 17.5. The maximum atomic E-state index is 4.85. The first-order chi connectivity index (χ1) is 15.8. The number of aromatic nitrogens is 2. The molecule has 0 saturated heterocycles. The van der Waals surface area contributed by atoms with Gasteiger partial charge in [0.1, 0.15) is 5.69 Å². The molecule has 0 N–H and O–H groups in total. The van der Waals surface area contributed by atoms with Crippen LogP contribution in [-0.4, -0.2) is 9.78 Å². The van der Waals surface area contributed by atoms with Crippen LogP contribution in [0.25, 0.3) is 10.9 Å². The molecule has 32 heavy (non-hydrogen) atoms. The van der Waals surface area contributed by atoms with Gasteiger partial charge in [0.15, 0.2) is 0 Å². The van der Waals surface area contributed by atoms with Crippen molar-refractivity contribution in [3.05, 3.63) is 137 Å². The van der Waals surface area contributed by atoms with Gasteiger partial charge in [0.25, 0.3) is 0 Å². The van der Waals surface area contributed by atoms with Gasteiger partial charge in [-0.15, -0.1) is 0 Å². The molecule has 150 valence electrons. The van der Waals surface area contributed by atoms with E-state index in [9.17, 15) is 0 Å². The summed E-state index contributed by atoms with van der Waals surface area (Å²) in [7, 11) is 0. The average Bonchev–Trinajstić information content (AvgIpc) is 3.20. The number of rotatable bonds is 2. The van der Waals surface area contributed by atoms with Crippen LogP contribution in [0.2, 0.25) is 0 Å². The Morgan fingerprint density at radius 2 is 1.12 bits per heavy atom. The second kappa shape index (κ2) is 9.09. The van der Waals surface area contributed by atoms with Crippen molar-refractivity contribution in [3.8, 4) is 23.7 Å². The highest BCUT2D eigenvalue weighted by molar-refractivity contribution is 5.86. The molecule has 0 amide bonds. The van der Waals surface area contributed by atoms with Gasteiger partial charge in [-0.2, -0.15) is 5.10 Å². The Kier molecular flexibility index (Phi) is 5.52. The van der Waals surface area contributed by atoms with Crippen LogP contribution in [0.4, 0.5) is 0 Å². The maximum absolute atomic E-state index is 4.85. The number of hydrogen-bond donors (Lipinski definition) is 0. The monoisotopic (exact) mass is 408 g/mol. The summed E-state index contributed by atoms with van der Waals surface area (Å²) in [5.74, 6) is 13.0. The van der Waals surface area contributed by atoms with Crippen molar-refractivity contribution in [2.45, 2.75) is 6.54 Å². The molecule has 0 bridgehead atoms. The van der Waals surface area contributed by atoms with Crippen LogP contribution in [-0.2, 0) is 6.54 Å². The fraction of sp³-hybridized carbons (Fsp3) is 0.0333. The van der Waals surface area contributed by atoms with Crippen LogP contribution in [0.1, 0.15) is 27.9 Å². The molecule has 1 heterocycles. The van der Waals surface area contributed by atoms with E-state index in [4.69, 9.17) is 5.10 Å². The van der Waals surface area contributed by atoms with E-state index in [1.807, 2.05) is 89.6 Å². The highest BCUT2D eigenvalue weighted by atomic mass is 15.3. The zero-order valence-corrected chi connectivity index (χ0v) is 17.5. The third kappa shape index (κ3) is 4.46. The Morgan fingerprint density at radius 3 is 1.78 bits per heavy atom. The van der Waals surface area contributed by atoms with E-state index >= 15 is 0 Å². The van der Waals surface area contributed by atoms with Crippen LogP contribution in [0.5, 0.6) is 0 Å². The van der Waals surface area contributed by atoms with Crippen LogP contribution in [0.3, 0.4) is 0 Å². The van der Waals surface area contributed by atoms with Crippen molar-refractivity contribution >= 4 is 10.9 Å². The number of benzene rings is 4. The topological polar surface area (TPSA) is 17.8 Å². The molecular weight excluding hydrogens is 388 g/mol. The van der Waals surface area contributed by atoms with Gasteiger partial charge >= 0.3 is 0 Å². The zero-order chi connectivity index (χ0) is 21.6. The molecule has 0 unspecified atom stereocenters. The van der Waals surface area contributed by atoms with Gasteiger partial charge in [0, 0.05) is 22.1 Å². The van der Waals surface area contributed by atoms with E-state index in [1.165, 1.54) is 5.56 Å². The SMILES string of the molecule is C(#Cc1ccc2c(C#Cc3ccccc3)nn(Cc3ccccc3)c2c1)c1ccccc1. The van der Waals surface area contributed by atoms with Crippen LogP contribution >= 0.6 is 0 Å². The molecule has 0 radical (unpaired) electrons. The van der Waals surface area contributed by atoms with Crippen LogP contribution in [0, 0.1) is 23.7 Å². The molecule has 2 nitrogen and oxygen atoms in total. The van der Waals surface area contributed by atoms with E-state index in [0.29, 0.717) is 6.54 Å². The Bertz CT molecular complexity index is 1470. The predicted molar refractivity (Wildman–Crippen MR) is 130 cm³/mol. The Hall–Kier alpha value is -4.53. The first-order valence-electron chi connectivity index (χ1n) is 10.5. The fourth-order valence-electron chi connectivity index (χ4n) is 3.54. The van der Waals surface area contributed by atoms with E-state index < -0.39 is 0 Å².